The van der Waals surface area contributed by atoms with Crippen molar-refractivity contribution in [2.45, 2.75) is 31.1 Å². The van der Waals surface area contributed by atoms with Gasteiger partial charge in [0.05, 0.1) is 25.5 Å². The summed E-state index contributed by atoms with van der Waals surface area (Å²) in [6, 6.07) is 5.80. The summed E-state index contributed by atoms with van der Waals surface area (Å²) in [5.41, 5.74) is 0.973. The highest BCUT2D eigenvalue weighted by atomic mass is 32.2. The van der Waals surface area contributed by atoms with Crippen LogP contribution in [0.1, 0.15) is 36.6 Å². The van der Waals surface area contributed by atoms with Crippen LogP contribution >= 0.6 is 11.8 Å². The average molecular weight is 365 g/mol. The van der Waals surface area contributed by atoms with Crippen molar-refractivity contribution in [3.8, 4) is 11.5 Å². The minimum Gasteiger partial charge on any atom is -0.496 e. The molecule has 3 rings (SSSR count). The fourth-order valence-electron chi connectivity index (χ4n) is 3.71. The normalized spacial score (nSPS) is 21.6. The third-order valence-electron chi connectivity index (χ3n) is 5.00. The molecule has 0 aliphatic carbocycles. The first-order valence-corrected chi connectivity index (χ1v) is 10.1. The number of thioether (sulfide) groups is 1. The molecule has 2 aliphatic heterocycles. The van der Waals surface area contributed by atoms with Crippen molar-refractivity contribution in [2.75, 3.05) is 46.2 Å². The van der Waals surface area contributed by atoms with E-state index >= 15 is 0 Å². The fraction of sp³-hybridized carbons (Fsp3) is 0.632. The number of benzene rings is 1. The predicted molar refractivity (Wildman–Crippen MR) is 101 cm³/mol. The van der Waals surface area contributed by atoms with E-state index in [-0.39, 0.29) is 11.3 Å². The Hall–Kier alpha value is -1.40. The molecular weight excluding hydrogens is 336 g/mol. The van der Waals surface area contributed by atoms with Gasteiger partial charge in [0.2, 0.25) is 5.91 Å². The third-order valence-corrected chi connectivity index (χ3v) is 6.22. The molecule has 0 bridgehead atoms. The van der Waals surface area contributed by atoms with Crippen molar-refractivity contribution in [2.24, 2.45) is 0 Å². The van der Waals surface area contributed by atoms with Crippen LogP contribution in [0, 0.1) is 0 Å². The Kier molecular flexibility index (Phi) is 6.48. The van der Waals surface area contributed by atoms with E-state index in [9.17, 15) is 4.79 Å². The number of rotatable bonds is 7. The Bertz CT molecular complexity index is 568. The van der Waals surface area contributed by atoms with E-state index in [0.29, 0.717) is 5.75 Å². The molecule has 138 valence electrons. The van der Waals surface area contributed by atoms with Gasteiger partial charge in [-0.15, -0.1) is 11.8 Å². The summed E-state index contributed by atoms with van der Waals surface area (Å²) in [5.74, 6) is 2.30. The standard InChI is InChI=1S/C19H28N2O3S/c1-23-15-8-6-9-16(24-2)18(15)19-21(17(22)14-25-19)13-7-12-20-10-4-3-5-11-20/h6,8-9,19H,3-5,7,10-14H2,1-2H3. The minimum absolute atomic E-state index is 0.0278. The van der Waals surface area contributed by atoms with Crippen molar-refractivity contribution in [1.29, 1.82) is 0 Å². The number of ether oxygens (including phenoxy) is 2. The molecule has 1 aromatic carbocycles. The molecule has 2 aliphatic rings. The lowest BCUT2D eigenvalue weighted by molar-refractivity contribution is -0.128. The number of amides is 1. The summed E-state index contributed by atoms with van der Waals surface area (Å²) >= 11 is 1.66. The molecule has 5 nitrogen and oxygen atoms in total. The van der Waals surface area contributed by atoms with Gasteiger partial charge in [0, 0.05) is 6.54 Å². The molecule has 2 heterocycles. The minimum atomic E-state index is -0.0278. The summed E-state index contributed by atoms with van der Waals surface area (Å²) in [5, 5.41) is -0.0278. The number of likely N-dealkylation sites (tertiary alicyclic amines) is 1. The second kappa shape index (κ2) is 8.81. The van der Waals surface area contributed by atoms with Crippen LogP contribution in [0.5, 0.6) is 11.5 Å². The largest absolute Gasteiger partial charge is 0.496 e. The lowest BCUT2D eigenvalue weighted by Gasteiger charge is -2.29. The van der Waals surface area contributed by atoms with Crippen molar-refractivity contribution in [3.63, 3.8) is 0 Å². The van der Waals surface area contributed by atoms with Crippen LogP contribution in [0.2, 0.25) is 0 Å². The zero-order valence-corrected chi connectivity index (χ0v) is 16.0. The Morgan fingerprint density at radius 2 is 1.76 bits per heavy atom. The highest BCUT2D eigenvalue weighted by Crippen LogP contribution is 2.46. The number of hydrogen-bond acceptors (Lipinski definition) is 5. The SMILES string of the molecule is COc1cccc(OC)c1C1SCC(=O)N1CCCN1CCCCC1. The summed E-state index contributed by atoms with van der Waals surface area (Å²) in [6.07, 6.45) is 4.98. The summed E-state index contributed by atoms with van der Waals surface area (Å²) < 4.78 is 11.1. The first-order chi connectivity index (χ1) is 12.2. The van der Waals surface area contributed by atoms with Crippen LogP contribution in [0.4, 0.5) is 0 Å². The van der Waals surface area contributed by atoms with Crippen molar-refractivity contribution < 1.29 is 14.3 Å². The number of carbonyl (C=O) groups is 1. The number of methoxy groups -OCH3 is 2. The fourth-order valence-corrected chi connectivity index (χ4v) is 4.97. The number of carbonyl (C=O) groups excluding carboxylic acids is 1. The molecule has 0 aromatic heterocycles. The van der Waals surface area contributed by atoms with Gasteiger partial charge in [0.25, 0.3) is 0 Å². The molecule has 0 spiro atoms. The first kappa shape index (κ1) is 18.4. The molecular formula is C19H28N2O3S. The van der Waals surface area contributed by atoms with Gasteiger partial charge >= 0.3 is 0 Å². The van der Waals surface area contributed by atoms with Crippen LogP contribution in [0.15, 0.2) is 18.2 Å². The van der Waals surface area contributed by atoms with E-state index in [1.807, 2.05) is 23.1 Å². The maximum atomic E-state index is 12.4. The van der Waals surface area contributed by atoms with Crippen LogP contribution in [-0.2, 0) is 4.79 Å². The van der Waals surface area contributed by atoms with Crippen LogP contribution in [0.25, 0.3) is 0 Å². The van der Waals surface area contributed by atoms with Gasteiger partial charge in [0.15, 0.2) is 0 Å². The zero-order valence-electron chi connectivity index (χ0n) is 15.2. The Morgan fingerprint density at radius 3 is 2.40 bits per heavy atom. The topological polar surface area (TPSA) is 42.0 Å². The maximum absolute atomic E-state index is 12.4. The molecule has 1 atom stereocenters. The maximum Gasteiger partial charge on any atom is 0.233 e. The Morgan fingerprint density at radius 1 is 1.08 bits per heavy atom. The van der Waals surface area contributed by atoms with E-state index in [1.54, 1.807) is 26.0 Å². The van der Waals surface area contributed by atoms with Gasteiger partial charge in [-0.1, -0.05) is 12.5 Å². The van der Waals surface area contributed by atoms with Crippen LogP contribution in [-0.4, -0.2) is 61.9 Å². The van der Waals surface area contributed by atoms with Gasteiger partial charge in [0.1, 0.15) is 16.9 Å². The lowest BCUT2D eigenvalue weighted by atomic mass is 10.1. The molecule has 2 saturated heterocycles. The van der Waals surface area contributed by atoms with Gasteiger partial charge in [-0.3, -0.25) is 4.79 Å². The lowest BCUT2D eigenvalue weighted by Crippen LogP contribution is -2.35. The van der Waals surface area contributed by atoms with E-state index in [4.69, 9.17) is 9.47 Å². The summed E-state index contributed by atoms with van der Waals surface area (Å²) in [6.45, 7) is 4.26. The van der Waals surface area contributed by atoms with Gasteiger partial charge in [-0.25, -0.2) is 0 Å². The summed E-state index contributed by atoms with van der Waals surface area (Å²) in [4.78, 5) is 17.0. The highest BCUT2D eigenvalue weighted by molar-refractivity contribution is 8.00. The molecule has 6 heteroatoms. The van der Waals surface area contributed by atoms with Gasteiger partial charge < -0.3 is 19.3 Å². The number of nitrogens with zero attached hydrogens (tertiary/aromatic N) is 2. The molecule has 2 fully saturated rings. The van der Waals surface area contributed by atoms with Crippen molar-refractivity contribution in [1.82, 2.24) is 9.80 Å². The second-order valence-corrected chi connectivity index (χ2v) is 7.65. The summed E-state index contributed by atoms with van der Waals surface area (Å²) in [7, 11) is 3.33. The Balaban J connectivity index is 1.69. The van der Waals surface area contributed by atoms with Crippen LogP contribution < -0.4 is 9.47 Å². The molecule has 1 unspecified atom stereocenters. The molecule has 1 amide bonds. The molecule has 0 saturated carbocycles. The third kappa shape index (κ3) is 4.23. The number of hydrogen-bond donors (Lipinski definition) is 0. The highest BCUT2D eigenvalue weighted by Gasteiger charge is 2.36. The van der Waals surface area contributed by atoms with Crippen molar-refractivity contribution >= 4 is 17.7 Å². The van der Waals surface area contributed by atoms with Gasteiger partial charge in [-0.05, 0) is 51.0 Å². The van der Waals surface area contributed by atoms with Crippen LogP contribution in [0.3, 0.4) is 0 Å². The molecule has 1 aromatic rings. The zero-order chi connectivity index (χ0) is 17.6. The van der Waals surface area contributed by atoms with Gasteiger partial charge in [-0.2, -0.15) is 0 Å². The molecule has 25 heavy (non-hydrogen) atoms. The van der Waals surface area contributed by atoms with E-state index in [1.165, 1.54) is 32.4 Å². The molecule has 0 radical (unpaired) electrons. The second-order valence-electron chi connectivity index (χ2n) is 6.58. The van der Waals surface area contributed by atoms with Crippen molar-refractivity contribution in [3.05, 3.63) is 23.8 Å². The predicted octanol–water partition coefficient (Wildman–Crippen LogP) is 3.15. The number of piperidine rings is 1. The monoisotopic (exact) mass is 364 g/mol. The average Bonchev–Trinajstić information content (AvgIpc) is 3.02. The van der Waals surface area contributed by atoms with E-state index < -0.39 is 0 Å². The smallest absolute Gasteiger partial charge is 0.233 e. The van der Waals surface area contributed by atoms with E-state index in [0.717, 1.165) is 36.6 Å². The first-order valence-electron chi connectivity index (χ1n) is 9.09. The molecule has 0 N–H and O–H groups in total. The van der Waals surface area contributed by atoms with E-state index in [2.05, 4.69) is 4.90 Å². The quantitative estimate of drug-likeness (QED) is 0.743. The Labute approximate surface area is 154 Å².